The van der Waals surface area contributed by atoms with Crippen LogP contribution in [0.1, 0.15) is 116 Å². The molecule has 0 aliphatic heterocycles. The van der Waals surface area contributed by atoms with Crippen LogP contribution in [0.5, 0.6) is 11.5 Å². The molecular weight excluding hydrogens is 454 g/mol. The predicted molar refractivity (Wildman–Crippen MR) is 153 cm³/mol. The summed E-state index contributed by atoms with van der Waals surface area (Å²) < 4.78 is 0. The summed E-state index contributed by atoms with van der Waals surface area (Å²) in [5, 5.41) is 22.1. The van der Waals surface area contributed by atoms with Crippen molar-refractivity contribution in [3.05, 3.63) is 57.6 Å². The van der Waals surface area contributed by atoms with Gasteiger partial charge in [0.05, 0.1) is 0 Å². The van der Waals surface area contributed by atoms with Crippen LogP contribution in [0.15, 0.2) is 24.3 Å². The molecule has 0 atom stereocenters. The van der Waals surface area contributed by atoms with Gasteiger partial charge in [0.1, 0.15) is 11.5 Å². The third-order valence-electron chi connectivity index (χ3n) is 6.48. The molecule has 0 aliphatic rings. The lowest BCUT2D eigenvalue weighted by molar-refractivity contribution is 0.316. The summed E-state index contributed by atoms with van der Waals surface area (Å²) in [5.41, 5.74) is 5.85. The molecule has 35 heavy (non-hydrogen) atoms. The summed E-state index contributed by atoms with van der Waals surface area (Å²) in [6, 6.07) is 8.66. The monoisotopic (exact) mass is 503 g/mol. The van der Waals surface area contributed by atoms with Gasteiger partial charge in [0, 0.05) is 13.1 Å². The normalized spacial score (nSPS) is 13.2. The number of benzene rings is 2. The summed E-state index contributed by atoms with van der Waals surface area (Å²) in [4.78, 5) is 2.32. The second-order valence-corrected chi connectivity index (χ2v) is 14.3. The van der Waals surface area contributed by atoms with Gasteiger partial charge in [-0.2, -0.15) is 0 Å². The maximum Gasteiger partial charge on any atom is 0.123 e. The van der Waals surface area contributed by atoms with Gasteiger partial charge in [0.25, 0.3) is 0 Å². The van der Waals surface area contributed by atoms with E-state index in [9.17, 15) is 10.2 Å². The van der Waals surface area contributed by atoms with Crippen molar-refractivity contribution >= 4 is 12.4 Å². The largest absolute Gasteiger partial charge is 0.507 e. The van der Waals surface area contributed by atoms with Gasteiger partial charge in [-0.1, -0.05) is 107 Å². The van der Waals surface area contributed by atoms with E-state index in [0.717, 1.165) is 35.3 Å². The number of hydrogen-bond acceptors (Lipinski definition) is 3. The minimum absolute atomic E-state index is 0. The van der Waals surface area contributed by atoms with E-state index in [4.69, 9.17) is 0 Å². The molecule has 3 nitrogen and oxygen atoms in total. The molecule has 0 aliphatic carbocycles. The van der Waals surface area contributed by atoms with Crippen LogP contribution in [-0.4, -0.2) is 22.2 Å². The smallest absolute Gasteiger partial charge is 0.123 e. The average Bonchev–Trinajstić information content (AvgIpc) is 2.60. The third kappa shape index (κ3) is 7.64. The van der Waals surface area contributed by atoms with Crippen molar-refractivity contribution in [1.82, 2.24) is 4.90 Å². The number of halogens is 1. The highest BCUT2D eigenvalue weighted by Crippen LogP contribution is 2.41. The zero-order valence-corrected chi connectivity index (χ0v) is 25.3. The molecule has 0 aromatic heterocycles. The van der Waals surface area contributed by atoms with Crippen LogP contribution in [0, 0.1) is 0 Å². The first-order valence-electron chi connectivity index (χ1n) is 12.5. The number of nitrogens with zero attached hydrogens (tertiary/aromatic N) is 1. The first-order valence-corrected chi connectivity index (χ1v) is 12.5. The number of rotatable bonds is 4. The minimum Gasteiger partial charge on any atom is -0.507 e. The van der Waals surface area contributed by atoms with Crippen molar-refractivity contribution in [2.75, 3.05) is 7.05 Å². The highest BCUT2D eigenvalue weighted by atomic mass is 35.5. The number of phenols is 2. The Kier molecular flexibility index (Phi) is 9.25. The lowest BCUT2D eigenvalue weighted by Crippen LogP contribution is -2.22. The first-order chi connectivity index (χ1) is 15.1. The molecule has 2 N–H and O–H groups in total. The van der Waals surface area contributed by atoms with E-state index in [1.807, 2.05) is 0 Å². The molecule has 0 fully saturated rings. The van der Waals surface area contributed by atoms with E-state index in [1.54, 1.807) is 0 Å². The Morgan fingerprint density at radius 3 is 0.886 bits per heavy atom. The quantitative estimate of drug-likeness (QED) is 0.440. The Bertz CT molecular complexity index is 874. The van der Waals surface area contributed by atoms with Gasteiger partial charge < -0.3 is 10.2 Å². The van der Waals surface area contributed by atoms with E-state index >= 15 is 0 Å². The van der Waals surface area contributed by atoms with E-state index in [2.05, 4.69) is 119 Å². The topological polar surface area (TPSA) is 43.7 Å². The fourth-order valence-electron chi connectivity index (χ4n) is 4.54. The van der Waals surface area contributed by atoms with Gasteiger partial charge in [-0.05, 0) is 62.1 Å². The molecule has 2 aromatic rings. The lowest BCUT2D eigenvalue weighted by atomic mass is 9.78. The van der Waals surface area contributed by atoms with Crippen molar-refractivity contribution in [2.45, 2.75) is 118 Å². The van der Waals surface area contributed by atoms with Crippen molar-refractivity contribution in [3.8, 4) is 11.5 Å². The summed E-state index contributed by atoms with van der Waals surface area (Å²) in [6.07, 6.45) is 0. The van der Waals surface area contributed by atoms with Crippen molar-refractivity contribution in [2.24, 2.45) is 0 Å². The molecule has 0 unspecified atom stereocenters. The molecule has 4 heteroatoms. The Morgan fingerprint density at radius 2 is 0.714 bits per heavy atom. The standard InChI is InChI=1S/C31H49NO2.ClH/c1-28(2,3)22-14-20(15-23(26(22)33)29(4,5)6)18-32(13)19-21-16-24(30(7,8)9)27(34)25(17-21)31(10,11)12;/h14-17,33-34H,18-19H2,1-13H3;1H. The van der Waals surface area contributed by atoms with Gasteiger partial charge >= 0.3 is 0 Å². The van der Waals surface area contributed by atoms with Crippen molar-refractivity contribution in [1.29, 1.82) is 0 Å². The fraction of sp³-hybridized carbons (Fsp3) is 0.613. The highest BCUT2D eigenvalue weighted by Gasteiger charge is 2.28. The Morgan fingerprint density at radius 1 is 0.514 bits per heavy atom. The van der Waals surface area contributed by atoms with Gasteiger partial charge in [-0.3, -0.25) is 4.90 Å². The number of hydrogen-bond donors (Lipinski definition) is 2. The van der Waals surface area contributed by atoms with Gasteiger partial charge in [0.15, 0.2) is 0 Å². The molecule has 2 aromatic carbocycles. The predicted octanol–water partition coefficient (Wildman–Crippen LogP) is 8.34. The van der Waals surface area contributed by atoms with E-state index < -0.39 is 0 Å². The SMILES string of the molecule is CN(Cc1cc(C(C)(C)C)c(O)c(C(C)(C)C)c1)Cc1cc(C(C)(C)C)c(O)c(C(C)(C)C)c1.Cl. The zero-order chi connectivity index (χ0) is 26.4. The van der Waals surface area contributed by atoms with Gasteiger partial charge in [-0.25, -0.2) is 0 Å². The summed E-state index contributed by atoms with van der Waals surface area (Å²) in [6.45, 7) is 27.4. The van der Waals surface area contributed by atoms with Crippen LogP contribution in [0.25, 0.3) is 0 Å². The maximum atomic E-state index is 11.1. The number of aromatic hydroxyl groups is 2. The molecule has 0 spiro atoms. The van der Waals surface area contributed by atoms with Gasteiger partial charge in [-0.15, -0.1) is 12.4 Å². The van der Waals surface area contributed by atoms with E-state index in [-0.39, 0.29) is 34.1 Å². The average molecular weight is 504 g/mol. The molecule has 0 heterocycles. The lowest BCUT2D eigenvalue weighted by Gasteiger charge is -2.30. The Labute approximate surface area is 221 Å². The van der Waals surface area contributed by atoms with Gasteiger partial charge in [0.2, 0.25) is 0 Å². The Hall–Kier alpha value is -1.71. The van der Waals surface area contributed by atoms with Crippen molar-refractivity contribution in [3.63, 3.8) is 0 Å². The van der Waals surface area contributed by atoms with Crippen LogP contribution >= 0.6 is 12.4 Å². The van der Waals surface area contributed by atoms with E-state index in [0.29, 0.717) is 11.5 Å². The first kappa shape index (κ1) is 31.3. The molecule has 0 bridgehead atoms. The van der Waals surface area contributed by atoms with E-state index in [1.165, 1.54) is 11.1 Å². The fourth-order valence-corrected chi connectivity index (χ4v) is 4.54. The summed E-state index contributed by atoms with van der Waals surface area (Å²) in [7, 11) is 2.14. The molecular formula is C31H50ClNO2. The molecule has 0 saturated carbocycles. The van der Waals surface area contributed by atoms with Crippen LogP contribution < -0.4 is 0 Å². The van der Waals surface area contributed by atoms with Crippen LogP contribution in [0.4, 0.5) is 0 Å². The molecule has 198 valence electrons. The third-order valence-corrected chi connectivity index (χ3v) is 6.48. The Balaban J connectivity index is 0.00000612. The second kappa shape index (κ2) is 10.3. The minimum atomic E-state index is -0.140. The second-order valence-electron chi connectivity index (χ2n) is 14.3. The zero-order valence-electron chi connectivity index (χ0n) is 24.5. The van der Waals surface area contributed by atoms with Crippen LogP contribution in [0.3, 0.4) is 0 Å². The van der Waals surface area contributed by atoms with Crippen LogP contribution in [-0.2, 0) is 34.7 Å². The van der Waals surface area contributed by atoms with Crippen LogP contribution in [0.2, 0.25) is 0 Å². The molecule has 0 saturated heterocycles. The number of phenolic OH excluding ortho intramolecular Hbond substituents is 2. The summed E-state index contributed by atoms with van der Waals surface area (Å²) >= 11 is 0. The molecule has 0 amide bonds. The summed E-state index contributed by atoms with van der Waals surface area (Å²) in [5.74, 6) is 0.851. The molecule has 2 rings (SSSR count). The maximum absolute atomic E-state index is 11.1. The molecule has 0 radical (unpaired) electrons. The highest BCUT2D eigenvalue weighted by molar-refractivity contribution is 5.85. The van der Waals surface area contributed by atoms with Crippen molar-refractivity contribution < 1.29 is 10.2 Å².